The highest BCUT2D eigenvalue weighted by molar-refractivity contribution is 7.98. The van der Waals surface area contributed by atoms with E-state index in [1.165, 1.54) is 11.8 Å². The third kappa shape index (κ3) is 3.89. The summed E-state index contributed by atoms with van der Waals surface area (Å²) >= 11 is 1.46. The predicted octanol–water partition coefficient (Wildman–Crippen LogP) is 3.46. The number of hydrogen-bond acceptors (Lipinski definition) is 5. The molecule has 0 spiro atoms. The molecule has 7 heteroatoms. The number of para-hydroxylation sites is 2. The van der Waals surface area contributed by atoms with E-state index < -0.39 is 0 Å². The van der Waals surface area contributed by atoms with E-state index in [0.29, 0.717) is 29.6 Å². The molecule has 4 rings (SSSR count). The van der Waals surface area contributed by atoms with Crippen molar-refractivity contribution < 1.29 is 14.0 Å². The third-order valence-corrected chi connectivity index (χ3v) is 5.86. The average molecular weight is 395 g/mol. The number of piperidine rings is 1. The highest BCUT2D eigenvalue weighted by atomic mass is 32.2. The van der Waals surface area contributed by atoms with E-state index in [2.05, 4.69) is 4.98 Å². The maximum atomic E-state index is 13.1. The molecule has 0 bridgehead atoms. The fourth-order valence-corrected chi connectivity index (χ4v) is 4.31. The number of oxazole rings is 1. The van der Waals surface area contributed by atoms with Crippen molar-refractivity contribution in [1.29, 1.82) is 0 Å². The molecule has 28 heavy (non-hydrogen) atoms. The molecule has 144 valence electrons. The normalized spacial score (nSPS) is 17.0. The Morgan fingerprint density at radius 2 is 1.96 bits per heavy atom. The summed E-state index contributed by atoms with van der Waals surface area (Å²) in [6.45, 7) is 1.04. The lowest BCUT2D eigenvalue weighted by atomic mass is 9.96. The molecule has 0 radical (unpaired) electrons. The summed E-state index contributed by atoms with van der Waals surface area (Å²) in [4.78, 5) is 30.8. The summed E-state index contributed by atoms with van der Waals surface area (Å²) in [5.41, 5.74) is 8.58. The summed E-state index contributed by atoms with van der Waals surface area (Å²) in [5, 5.41) is 0.579. The smallest absolute Gasteiger partial charge is 0.257 e. The largest absolute Gasteiger partial charge is 0.431 e. The molecule has 1 aliphatic heterocycles. The number of hydrogen-bond donors (Lipinski definition) is 1. The molecule has 0 aliphatic carbocycles. The average Bonchev–Trinajstić information content (AvgIpc) is 3.15. The van der Waals surface area contributed by atoms with Crippen LogP contribution in [0.5, 0.6) is 0 Å². The Labute approximate surface area is 167 Å². The van der Waals surface area contributed by atoms with Gasteiger partial charge in [-0.2, -0.15) is 0 Å². The molecule has 2 heterocycles. The van der Waals surface area contributed by atoms with Crippen molar-refractivity contribution in [3.63, 3.8) is 0 Å². The Kier molecular flexibility index (Phi) is 5.34. The van der Waals surface area contributed by atoms with Crippen molar-refractivity contribution in [2.45, 2.75) is 23.8 Å². The molecule has 1 unspecified atom stereocenters. The third-order valence-electron chi connectivity index (χ3n) is 4.98. The van der Waals surface area contributed by atoms with Crippen molar-refractivity contribution in [2.24, 2.45) is 11.7 Å². The summed E-state index contributed by atoms with van der Waals surface area (Å²) in [7, 11) is 0. The minimum Gasteiger partial charge on any atom is -0.431 e. The van der Waals surface area contributed by atoms with Crippen molar-refractivity contribution in [3.8, 4) is 0 Å². The van der Waals surface area contributed by atoms with Crippen molar-refractivity contribution in [2.75, 3.05) is 13.1 Å². The van der Waals surface area contributed by atoms with Gasteiger partial charge in [0.05, 0.1) is 5.92 Å². The number of nitrogens with zero attached hydrogens (tertiary/aromatic N) is 2. The van der Waals surface area contributed by atoms with Gasteiger partial charge >= 0.3 is 0 Å². The summed E-state index contributed by atoms with van der Waals surface area (Å²) in [6.07, 6.45) is 1.54. The Balaban J connectivity index is 1.50. The SMILES string of the molecule is NC(=O)C1CCCN(C(=O)c2ccccc2CSc2nc3ccccc3o2)C1. The topological polar surface area (TPSA) is 89.4 Å². The van der Waals surface area contributed by atoms with Crippen LogP contribution in [0, 0.1) is 5.92 Å². The van der Waals surface area contributed by atoms with Gasteiger partial charge in [-0.1, -0.05) is 42.1 Å². The van der Waals surface area contributed by atoms with Gasteiger partial charge < -0.3 is 15.1 Å². The Morgan fingerprint density at radius 3 is 2.79 bits per heavy atom. The second kappa shape index (κ2) is 8.06. The molecule has 2 aromatic carbocycles. The van der Waals surface area contributed by atoms with Gasteiger partial charge in [0, 0.05) is 24.4 Å². The number of primary amides is 1. The van der Waals surface area contributed by atoms with Crippen LogP contribution in [0.3, 0.4) is 0 Å². The van der Waals surface area contributed by atoms with E-state index >= 15 is 0 Å². The van der Waals surface area contributed by atoms with E-state index in [4.69, 9.17) is 10.2 Å². The standard InChI is InChI=1S/C21H21N3O3S/c22-19(25)14-7-5-11-24(12-14)20(26)16-8-2-1-6-15(16)13-28-21-23-17-9-3-4-10-18(17)27-21/h1-4,6,8-10,14H,5,7,11-13H2,(H2,22,25). The first-order chi connectivity index (χ1) is 13.6. The van der Waals surface area contributed by atoms with Crippen LogP contribution in [-0.2, 0) is 10.5 Å². The number of amides is 2. The molecule has 2 amide bonds. The van der Waals surface area contributed by atoms with Crippen LogP contribution in [-0.4, -0.2) is 34.8 Å². The molecule has 1 fully saturated rings. The van der Waals surface area contributed by atoms with Crippen molar-refractivity contribution in [3.05, 3.63) is 59.7 Å². The van der Waals surface area contributed by atoms with E-state index in [0.717, 1.165) is 29.5 Å². The van der Waals surface area contributed by atoms with Gasteiger partial charge in [0.1, 0.15) is 5.52 Å². The van der Waals surface area contributed by atoms with Crippen molar-refractivity contribution >= 4 is 34.7 Å². The number of likely N-dealkylation sites (tertiary alicyclic amines) is 1. The number of fused-ring (bicyclic) bond motifs is 1. The van der Waals surface area contributed by atoms with Gasteiger partial charge in [-0.05, 0) is 36.6 Å². The molecule has 0 saturated carbocycles. The lowest BCUT2D eigenvalue weighted by Crippen LogP contribution is -2.44. The maximum Gasteiger partial charge on any atom is 0.257 e. The zero-order chi connectivity index (χ0) is 19.5. The van der Waals surface area contributed by atoms with Crippen molar-refractivity contribution in [1.82, 2.24) is 9.88 Å². The summed E-state index contributed by atoms with van der Waals surface area (Å²) < 4.78 is 5.75. The number of aromatic nitrogens is 1. The first kappa shape index (κ1) is 18.6. The molecule has 1 atom stereocenters. The Hall–Kier alpha value is -2.80. The highest BCUT2D eigenvalue weighted by Crippen LogP contribution is 2.28. The van der Waals surface area contributed by atoms with Crippen LogP contribution in [0.4, 0.5) is 0 Å². The first-order valence-electron chi connectivity index (χ1n) is 9.26. The number of carbonyl (C=O) groups excluding carboxylic acids is 2. The summed E-state index contributed by atoms with van der Waals surface area (Å²) in [5.74, 6) is -0.0852. The molecule has 2 N–H and O–H groups in total. The Bertz CT molecular complexity index is 984. The molecule has 6 nitrogen and oxygen atoms in total. The number of thioether (sulfide) groups is 1. The molecule has 1 saturated heterocycles. The van der Waals surface area contributed by atoms with Crippen LogP contribution in [0.2, 0.25) is 0 Å². The van der Waals surface area contributed by atoms with E-state index in [1.807, 2.05) is 48.5 Å². The van der Waals surface area contributed by atoms with Crippen LogP contribution >= 0.6 is 11.8 Å². The second-order valence-electron chi connectivity index (χ2n) is 6.89. The molecular formula is C21H21N3O3S. The quantitative estimate of drug-likeness (QED) is 0.668. The lowest BCUT2D eigenvalue weighted by Gasteiger charge is -2.31. The molecule has 3 aromatic rings. The van der Waals surface area contributed by atoms with Gasteiger partial charge in [-0.15, -0.1) is 0 Å². The minimum atomic E-state index is -0.336. The minimum absolute atomic E-state index is 0.0558. The van der Waals surface area contributed by atoms with Crippen LogP contribution in [0.15, 0.2) is 58.2 Å². The van der Waals surface area contributed by atoms with Gasteiger partial charge in [-0.25, -0.2) is 4.98 Å². The molecule has 1 aromatic heterocycles. The Morgan fingerprint density at radius 1 is 1.18 bits per heavy atom. The highest BCUT2D eigenvalue weighted by Gasteiger charge is 2.28. The van der Waals surface area contributed by atoms with E-state index in [9.17, 15) is 9.59 Å². The monoisotopic (exact) mass is 395 g/mol. The van der Waals surface area contributed by atoms with Crippen LogP contribution < -0.4 is 5.73 Å². The zero-order valence-corrected chi connectivity index (χ0v) is 16.2. The summed E-state index contributed by atoms with van der Waals surface area (Å²) in [6, 6.07) is 15.2. The fourth-order valence-electron chi connectivity index (χ4n) is 3.47. The van der Waals surface area contributed by atoms with Gasteiger partial charge in [-0.3, -0.25) is 9.59 Å². The number of rotatable bonds is 5. The van der Waals surface area contributed by atoms with Gasteiger partial charge in [0.15, 0.2) is 5.58 Å². The number of benzene rings is 2. The van der Waals surface area contributed by atoms with Crippen LogP contribution in [0.25, 0.3) is 11.1 Å². The van der Waals surface area contributed by atoms with Gasteiger partial charge in [0.2, 0.25) is 5.91 Å². The molecule has 1 aliphatic rings. The maximum absolute atomic E-state index is 13.1. The number of carbonyl (C=O) groups is 2. The predicted molar refractivity (Wildman–Crippen MR) is 108 cm³/mol. The molecular weight excluding hydrogens is 374 g/mol. The second-order valence-corrected chi connectivity index (χ2v) is 7.81. The van der Waals surface area contributed by atoms with Gasteiger partial charge in [0.25, 0.3) is 11.1 Å². The lowest BCUT2D eigenvalue weighted by molar-refractivity contribution is -0.123. The zero-order valence-electron chi connectivity index (χ0n) is 15.3. The first-order valence-corrected chi connectivity index (χ1v) is 10.3. The van der Waals surface area contributed by atoms with Crippen LogP contribution in [0.1, 0.15) is 28.8 Å². The van der Waals surface area contributed by atoms with E-state index in [-0.39, 0.29) is 17.7 Å². The fraction of sp³-hybridized carbons (Fsp3) is 0.286. The number of nitrogens with two attached hydrogens (primary N) is 1. The van der Waals surface area contributed by atoms with E-state index in [1.54, 1.807) is 4.90 Å².